The highest BCUT2D eigenvalue weighted by molar-refractivity contribution is 6.57. The maximum Gasteiger partial charge on any atom is 0.416 e. The summed E-state index contributed by atoms with van der Waals surface area (Å²) in [6, 6.07) is 20.0. The Labute approximate surface area is 352 Å². The normalized spacial score (nSPS) is 27.4. The van der Waals surface area contributed by atoms with Gasteiger partial charge in [-0.05, 0) is 190 Å². The molecule has 8 heteroatoms. The number of nitro groups is 1. The molecular weight excluding hydrogens is 792 g/mol. The van der Waals surface area contributed by atoms with Crippen LogP contribution in [0.5, 0.6) is 0 Å². The maximum atomic E-state index is 14.8. The highest BCUT2D eigenvalue weighted by atomic mass is 19.4. The van der Waals surface area contributed by atoms with E-state index in [9.17, 15) is 23.3 Å². The average Bonchev–Trinajstić information content (AvgIpc) is 4.14. The number of hydrogen-bond donors (Lipinski definition) is 0. The molecule has 0 bridgehead atoms. The number of hydrogen-bond acceptors (Lipinski definition) is 4. The summed E-state index contributed by atoms with van der Waals surface area (Å²) in [5, 5.41) is 42.8. The summed E-state index contributed by atoms with van der Waals surface area (Å²) in [6.07, 6.45) is 5.52. The van der Waals surface area contributed by atoms with E-state index in [-0.39, 0.29) is 11.6 Å². The summed E-state index contributed by atoms with van der Waals surface area (Å²) >= 11 is 0. The fraction of sp³-hybridized carbons (Fsp3) is 0.182. The first kappa shape index (κ1) is 30.9. The van der Waals surface area contributed by atoms with Gasteiger partial charge in [-0.25, -0.2) is 0 Å². The smallest absolute Gasteiger partial charge is 0.258 e. The van der Waals surface area contributed by atoms with Crippen molar-refractivity contribution in [2.24, 2.45) is 22.9 Å². The molecule has 0 amide bonds. The first-order valence-corrected chi connectivity index (χ1v) is 22.2. The third-order valence-electron chi connectivity index (χ3n) is 18.2. The average molecular weight is 818 g/mol. The zero-order valence-corrected chi connectivity index (χ0v) is 33.1. The van der Waals surface area contributed by atoms with Crippen molar-refractivity contribution in [1.29, 1.82) is 0 Å². The standard InChI is InChI=1S/C55H26F3N3O2/c1-17-14-18(16-19(15-17)55(56,57)58)53-52-38-28-12-10-26-24-8-6-22-23-7-9-25-27-11-13-29-37-35(27)42-33(25)31(23)40-30(22)32(24)41-34(26)36(28)43-45(38)46(44(37)51-49(42)47(40)48(41)50(43)51)39(29)54(52)60(59-53)20-2-4-21(5-3-20)61(62)63/h2-16,22,24,26,30,32,34,52,54H,1H3. The Morgan fingerprint density at radius 1 is 0.651 bits per heavy atom. The van der Waals surface area contributed by atoms with Crippen LogP contribution in [0.2, 0.25) is 0 Å². The van der Waals surface area contributed by atoms with Crippen LogP contribution in [0, 0.1) is 34.8 Å². The molecule has 11 aromatic carbocycles. The topological polar surface area (TPSA) is 58.7 Å². The molecule has 63 heavy (non-hydrogen) atoms. The van der Waals surface area contributed by atoms with Gasteiger partial charge >= 0.3 is 6.18 Å². The van der Waals surface area contributed by atoms with Crippen molar-refractivity contribution in [3.8, 4) is 0 Å². The Balaban J connectivity index is 1.07. The minimum atomic E-state index is -4.54. The van der Waals surface area contributed by atoms with Crippen LogP contribution < -0.4 is 10.2 Å². The molecule has 7 aliphatic carbocycles. The molecule has 1 aliphatic heterocycles. The van der Waals surface area contributed by atoms with Crippen LogP contribution in [0.1, 0.15) is 79.8 Å². The summed E-state index contributed by atoms with van der Waals surface area (Å²) in [5.74, 6) is 1.70. The highest BCUT2D eigenvalue weighted by Gasteiger charge is 2.61. The summed E-state index contributed by atoms with van der Waals surface area (Å²) in [7, 11) is 0. The Morgan fingerprint density at radius 2 is 1.35 bits per heavy atom. The Bertz CT molecular complexity index is 4350. The predicted octanol–water partition coefficient (Wildman–Crippen LogP) is 13.0. The van der Waals surface area contributed by atoms with Gasteiger partial charge < -0.3 is 0 Å². The highest BCUT2D eigenvalue weighted by Crippen LogP contribution is 2.75. The van der Waals surface area contributed by atoms with Crippen LogP contribution in [0.25, 0.3) is 97.8 Å². The fourth-order valence-electron chi connectivity index (χ4n) is 16.8. The molecule has 11 aromatic rings. The van der Waals surface area contributed by atoms with Gasteiger partial charge in [-0.2, -0.15) is 18.3 Å². The molecule has 8 unspecified atom stereocenters. The second-order valence-electron chi connectivity index (χ2n) is 20.2. The molecular formula is C55H26F3N3O2. The van der Waals surface area contributed by atoms with Crippen LogP contribution >= 0.6 is 0 Å². The summed E-state index contributed by atoms with van der Waals surface area (Å²) in [5.41, 5.74) is 11.3. The number of fused-ring (bicyclic) bond motifs is 8. The molecule has 0 N–H and O–H groups in total. The predicted molar refractivity (Wildman–Crippen MR) is 242 cm³/mol. The number of aryl methyl sites for hydroxylation is 1. The van der Waals surface area contributed by atoms with Crippen LogP contribution in [0.3, 0.4) is 0 Å². The van der Waals surface area contributed by atoms with Gasteiger partial charge in [0, 0.05) is 29.9 Å². The lowest BCUT2D eigenvalue weighted by Gasteiger charge is -2.37. The quantitative estimate of drug-likeness (QED) is 0.0772. The molecule has 5 nitrogen and oxygen atoms in total. The van der Waals surface area contributed by atoms with Crippen molar-refractivity contribution in [2.45, 2.75) is 42.8 Å². The van der Waals surface area contributed by atoms with E-state index in [0.29, 0.717) is 52.1 Å². The number of non-ortho nitro benzene ring substituents is 1. The molecule has 0 aromatic heterocycles. The van der Waals surface area contributed by atoms with Crippen molar-refractivity contribution in [3.63, 3.8) is 0 Å². The second-order valence-corrected chi connectivity index (χ2v) is 20.2. The van der Waals surface area contributed by atoms with Gasteiger partial charge in [0.25, 0.3) is 5.69 Å². The van der Waals surface area contributed by atoms with Crippen molar-refractivity contribution < 1.29 is 18.1 Å². The van der Waals surface area contributed by atoms with Gasteiger partial charge in [-0.3, -0.25) is 15.1 Å². The van der Waals surface area contributed by atoms with E-state index < -0.39 is 28.6 Å². The lowest BCUT2D eigenvalue weighted by molar-refractivity contribution is -0.384. The molecule has 0 saturated heterocycles. The van der Waals surface area contributed by atoms with Crippen LogP contribution in [0.4, 0.5) is 24.5 Å². The number of anilines is 1. The van der Waals surface area contributed by atoms with Gasteiger partial charge in [0.2, 0.25) is 0 Å². The van der Waals surface area contributed by atoms with Gasteiger partial charge in [0.15, 0.2) is 0 Å². The van der Waals surface area contributed by atoms with Crippen LogP contribution in [-0.2, 0) is 6.18 Å². The number of halogens is 3. The van der Waals surface area contributed by atoms with Crippen molar-refractivity contribution in [1.82, 2.24) is 0 Å². The molecule has 0 spiro atoms. The summed E-state index contributed by atoms with van der Waals surface area (Å²) in [4.78, 5) is 11.5. The molecule has 1 saturated carbocycles. The number of nitro benzene ring substituents is 1. The number of rotatable bonds is 3. The Hall–Kier alpha value is -7.06. The largest absolute Gasteiger partial charge is 0.416 e. The van der Waals surface area contributed by atoms with Gasteiger partial charge in [0.05, 0.1) is 33.8 Å². The van der Waals surface area contributed by atoms with E-state index in [1.807, 2.05) is 11.1 Å². The molecule has 19 rings (SSSR count). The van der Waals surface area contributed by atoms with Crippen molar-refractivity contribution in [3.05, 3.63) is 150 Å². The molecule has 0 radical (unpaired) electrons. The number of allylic oxidation sites excluding steroid dienone is 3. The first-order chi connectivity index (χ1) is 30.7. The third-order valence-corrected chi connectivity index (χ3v) is 18.2. The third kappa shape index (κ3) is 2.74. The van der Waals surface area contributed by atoms with E-state index in [2.05, 4.69) is 48.6 Å². The van der Waals surface area contributed by atoms with E-state index in [0.717, 1.165) is 0 Å². The van der Waals surface area contributed by atoms with E-state index in [4.69, 9.17) is 5.10 Å². The van der Waals surface area contributed by atoms with Crippen molar-refractivity contribution in [2.75, 3.05) is 5.01 Å². The lowest BCUT2D eigenvalue weighted by Crippen LogP contribution is -2.31. The first-order valence-electron chi connectivity index (χ1n) is 22.2. The Kier molecular flexibility index (Phi) is 4.30. The fourth-order valence-corrected chi connectivity index (χ4v) is 16.8. The second kappa shape index (κ2) is 8.78. The molecule has 294 valence electrons. The zero-order chi connectivity index (χ0) is 40.9. The minimum absolute atomic E-state index is 0.0273. The number of hydrazone groups is 1. The van der Waals surface area contributed by atoms with Crippen molar-refractivity contribution >= 4 is 115 Å². The lowest BCUT2D eigenvalue weighted by atomic mass is 9.65. The maximum absolute atomic E-state index is 14.8. The van der Waals surface area contributed by atoms with E-state index >= 15 is 0 Å². The van der Waals surface area contributed by atoms with Gasteiger partial charge in [-0.15, -0.1) is 0 Å². The number of nitrogens with zero attached hydrogens (tertiary/aromatic N) is 3. The molecule has 1 fully saturated rings. The van der Waals surface area contributed by atoms with E-state index in [1.54, 1.807) is 30.2 Å². The molecule has 8 atom stereocenters. The SMILES string of the molecule is Cc1cc(C2=NN(c3ccc([N+](=O)[O-])cc3)C3c4c5ccc6c7ccc8c9c%10c%11c%12c%13c%14c%15c(c(c%14c4c4c5c6c(c97)c%11c%134)C23)C=CC2C%15C=%12C3C2C=CC8C%103)cc(C(F)(F)F)c1. The summed E-state index contributed by atoms with van der Waals surface area (Å²) in [6.45, 7) is 1.73. The van der Waals surface area contributed by atoms with Gasteiger partial charge in [0.1, 0.15) is 0 Å². The number of benzene rings is 7. The molecule has 1 heterocycles. The summed E-state index contributed by atoms with van der Waals surface area (Å²) < 4.78 is 44.3. The van der Waals surface area contributed by atoms with Crippen LogP contribution in [-0.4, -0.2) is 10.6 Å². The van der Waals surface area contributed by atoms with Crippen LogP contribution in [0.15, 0.2) is 90.1 Å². The Morgan fingerprint density at radius 3 is 2.17 bits per heavy atom. The number of alkyl halides is 3. The van der Waals surface area contributed by atoms with E-state index in [1.165, 1.54) is 143 Å². The monoisotopic (exact) mass is 817 g/mol. The molecule has 8 aliphatic rings. The minimum Gasteiger partial charge on any atom is -0.258 e. The zero-order valence-electron chi connectivity index (χ0n) is 33.1. The van der Waals surface area contributed by atoms with Gasteiger partial charge in [-0.1, -0.05) is 54.6 Å².